The molecule has 0 unspecified atom stereocenters. The number of aromatic nitrogens is 4. The minimum absolute atomic E-state index is 0.00746. The molecule has 0 aromatic carbocycles. The summed E-state index contributed by atoms with van der Waals surface area (Å²) in [5, 5.41) is 6.40. The summed E-state index contributed by atoms with van der Waals surface area (Å²) >= 11 is 0. The van der Waals surface area contributed by atoms with Crippen molar-refractivity contribution in [3.05, 3.63) is 40.1 Å². The number of carbonyl (C=O) groups excluding carboxylic acids is 1. The van der Waals surface area contributed by atoms with Crippen molar-refractivity contribution in [3.8, 4) is 11.6 Å². The largest absolute Gasteiger partial charge is 0.355 e. The number of carbonyl (C=O) groups is 1. The van der Waals surface area contributed by atoms with Gasteiger partial charge in [0, 0.05) is 42.8 Å². The molecule has 8 heteroatoms. The Morgan fingerprint density at radius 2 is 1.86 bits per heavy atom. The lowest BCUT2D eigenvalue weighted by Gasteiger charge is -2.16. The molecular formula is C20H28N6O2. The van der Waals surface area contributed by atoms with Crippen molar-refractivity contribution in [3.63, 3.8) is 0 Å². The highest BCUT2D eigenvalue weighted by molar-refractivity contribution is 5.78. The van der Waals surface area contributed by atoms with E-state index in [4.69, 9.17) is 0 Å². The quantitative estimate of drug-likeness (QED) is 0.493. The first-order valence-electron chi connectivity index (χ1n) is 10.0. The maximum absolute atomic E-state index is 12.4. The van der Waals surface area contributed by atoms with E-state index in [0.29, 0.717) is 35.5 Å². The third-order valence-electron chi connectivity index (χ3n) is 5.07. The molecule has 2 aromatic heterocycles. The minimum Gasteiger partial charge on any atom is -0.355 e. The van der Waals surface area contributed by atoms with Crippen molar-refractivity contribution in [2.24, 2.45) is 0 Å². The summed E-state index contributed by atoms with van der Waals surface area (Å²) in [7, 11) is 0. The van der Waals surface area contributed by atoms with E-state index in [1.165, 1.54) is 38.5 Å². The molecule has 0 aliphatic heterocycles. The van der Waals surface area contributed by atoms with Gasteiger partial charge in [-0.15, -0.1) is 0 Å². The second-order valence-corrected chi connectivity index (χ2v) is 7.22. The van der Waals surface area contributed by atoms with Crippen LogP contribution < -0.4 is 16.2 Å². The van der Waals surface area contributed by atoms with Crippen LogP contribution in [0.4, 0.5) is 0 Å². The molecule has 1 amide bonds. The molecule has 1 aliphatic rings. The van der Waals surface area contributed by atoms with Gasteiger partial charge in [0.05, 0.1) is 6.42 Å². The Balaban J connectivity index is 1.50. The number of rotatable bonds is 7. The Morgan fingerprint density at radius 1 is 1.14 bits per heavy atom. The van der Waals surface area contributed by atoms with Crippen molar-refractivity contribution in [1.29, 1.82) is 0 Å². The monoisotopic (exact) mass is 384 g/mol. The lowest BCUT2D eigenvalue weighted by atomic mass is 10.1. The standard InChI is InChI=1S/C20H28N6O2/c1-14-16(20(28)26-19(25-14)18-23-9-6-10-24-18)13-17(27)22-12-11-21-15-7-4-2-3-5-8-15/h6,9-10,15,21H,2-5,7-8,11-13H2,1H3,(H,22,27)(H,25,26,28). The summed E-state index contributed by atoms with van der Waals surface area (Å²) < 4.78 is 0. The lowest BCUT2D eigenvalue weighted by molar-refractivity contribution is -0.120. The fraction of sp³-hybridized carbons (Fsp3) is 0.550. The Hall–Kier alpha value is -2.61. The lowest BCUT2D eigenvalue weighted by Crippen LogP contribution is -2.38. The third-order valence-corrected chi connectivity index (χ3v) is 5.07. The summed E-state index contributed by atoms with van der Waals surface area (Å²) in [5.74, 6) is 0.477. The van der Waals surface area contributed by atoms with E-state index >= 15 is 0 Å². The maximum atomic E-state index is 12.4. The third kappa shape index (κ3) is 5.69. The average Bonchev–Trinajstić information content (AvgIpc) is 2.97. The van der Waals surface area contributed by atoms with Gasteiger partial charge in [-0.3, -0.25) is 9.59 Å². The van der Waals surface area contributed by atoms with E-state index in [-0.39, 0.29) is 17.9 Å². The highest BCUT2D eigenvalue weighted by Crippen LogP contribution is 2.16. The average molecular weight is 384 g/mol. The molecule has 0 spiro atoms. The van der Waals surface area contributed by atoms with Gasteiger partial charge in [0.15, 0.2) is 11.6 Å². The fourth-order valence-electron chi connectivity index (χ4n) is 3.53. The molecule has 1 fully saturated rings. The highest BCUT2D eigenvalue weighted by Gasteiger charge is 2.15. The summed E-state index contributed by atoms with van der Waals surface area (Å²) in [5.41, 5.74) is 0.550. The molecule has 2 heterocycles. The summed E-state index contributed by atoms with van der Waals surface area (Å²) in [6.45, 7) is 3.02. The van der Waals surface area contributed by atoms with Crippen LogP contribution in [0.2, 0.25) is 0 Å². The molecule has 0 radical (unpaired) electrons. The number of H-pyrrole nitrogens is 1. The number of amides is 1. The van der Waals surface area contributed by atoms with Gasteiger partial charge in [-0.05, 0) is 25.8 Å². The zero-order valence-corrected chi connectivity index (χ0v) is 16.3. The van der Waals surface area contributed by atoms with Gasteiger partial charge in [-0.1, -0.05) is 25.7 Å². The predicted molar refractivity (Wildman–Crippen MR) is 107 cm³/mol. The number of aromatic amines is 1. The van der Waals surface area contributed by atoms with E-state index in [2.05, 4.69) is 30.6 Å². The molecule has 3 rings (SSSR count). The van der Waals surface area contributed by atoms with Gasteiger partial charge < -0.3 is 15.6 Å². The van der Waals surface area contributed by atoms with Crippen LogP contribution in [0.1, 0.15) is 49.8 Å². The van der Waals surface area contributed by atoms with Gasteiger partial charge in [0.1, 0.15) is 0 Å². The first-order chi connectivity index (χ1) is 13.6. The molecule has 8 nitrogen and oxygen atoms in total. The van der Waals surface area contributed by atoms with Crippen LogP contribution in [-0.4, -0.2) is 45.0 Å². The predicted octanol–water partition coefficient (Wildman–Crippen LogP) is 1.51. The molecule has 0 saturated heterocycles. The van der Waals surface area contributed by atoms with Gasteiger partial charge in [0.25, 0.3) is 5.56 Å². The minimum atomic E-state index is -0.332. The van der Waals surface area contributed by atoms with E-state index in [0.717, 1.165) is 6.54 Å². The molecule has 0 atom stereocenters. The van der Waals surface area contributed by atoms with E-state index < -0.39 is 0 Å². The first kappa shape index (κ1) is 20.1. The number of nitrogens with zero attached hydrogens (tertiary/aromatic N) is 3. The Bertz CT molecular complexity index is 828. The number of hydrogen-bond acceptors (Lipinski definition) is 6. The van der Waals surface area contributed by atoms with Crippen molar-refractivity contribution in [1.82, 2.24) is 30.6 Å². The Morgan fingerprint density at radius 3 is 2.54 bits per heavy atom. The second-order valence-electron chi connectivity index (χ2n) is 7.22. The fourth-order valence-corrected chi connectivity index (χ4v) is 3.53. The van der Waals surface area contributed by atoms with Crippen LogP contribution in [-0.2, 0) is 11.2 Å². The molecule has 150 valence electrons. The van der Waals surface area contributed by atoms with Crippen molar-refractivity contribution in [2.45, 2.75) is 57.9 Å². The van der Waals surface area contributed by atoms with Gasteiger partial charge in [0.2, 0.25) is 5.91 Å². The van der Waals surface area contributed by atoms with Crippen LogP contribution in [0.5, 0.6) is 0 Å². The zero-order valence-electron chi connectivity index (χ0n) is 16.3. The van der Waals surface area contributed by atoms with Gasteiger partial charge in [-0.25, -0.2) is 15.0 Å². The molecule has 0 bridgehead atoms. The Kier molecular flexibility index (Phi) is 7.25. The number of nitrogens with one attached hydrogen (secondary N) is 3. The smallest absolute Gasteiger partial charge is 0.255 e. The molecule has 2 aromatic rings. The van der Waals surface area contributed by atoms with Crippen LogP contribution >= 0.6 is 0 Å². The maximum Gasteiger partial charge on any atom is 0.255 e. The number of aryl methyl sites for hydroxylation is 1. The van der Waals surface area contributed by atoms with Gasteiger partial charge >= 0.3 is 0 Å². The SMILES string of the molecule is Cc1nc(-c2ncccn2)[nH]c(=O)c1CC(=O)NCCNC1CCCCCC1. The van der Waals surface area contributed by atoms with Crippen molar-refractivity contribution in [2.75, 3.05) is 13.1 Å². The second kappa shape index (κ2) is 10.1. The molecule has 3 N–H and O–H groups in total. The van der Waals surface area contributed by atoms with E-state index in [9.17, 15) is 9.59 Å². The van der Waals surface area contributed by atoms with E-state index in [1.54, 1.807) is 25.4 Å². The molecular weight excluding hydrogens is 356 g/mol. The van der Waals surface area contributed by atoms with E-state index in [1.807, 2.05) is 0 Å². The summed E-state index contributed by atoms with van der Waals surface area (Å²) in [6.07, 6.45) is 10.8. The van der Waals surface area contributed by atoms with Crippen molar-refractivity contribution >= 4 is 5.91 Å². The molecule has 28 heavy (non-hydrogen) atoms. The highest BCUT2D eigenvalue weighted by atomic mass is 16.2. The summed E-state index contributed by atoms with van der Waals surface area (Å²) in [4.78, 5) is 39.8. The van der Waals surface area contributed by atoms with Crippen molar-refractivity contribution < 1.29 is 4.79 Å². The van der Waals surface area contributed by atoms with Crippen LogP contribution in [0, 0.1) is 6.92 Å². The zero-order chi connectivity index (χ0) is 19.8. The topological polar surface area (TPSA) is 113 Å². The van der Waals surface area contributed by atoms with Gasteiger partial charge in [-0.2, -0.15) is 0 Å². The van der Waals surface area contributed by atoms with Crippen LogP contribution in [0.25, 0.3) is 11.6 Å². The Labute approximate surface area is 164 Å². The summed E-state index contributed by atoms with van der Waals surface area (Å²) in [6, 6.07) is 2.25. The normalized spacial score (nSPS) is 15.2. The van der Waals surface area contributed by atoms with Crippen LogP contribution in [0.15, 0.2) is 23.3 Å². The molecule has 1 aliphatic carbocycles. The van der Waals surface area contributed by atoms with Crippen LogP contribution in [0.3, 0.4) is 0 Å². The first-order valence-corrected chi connectivity index (χ1v) is 10.0. The molecule has 1 saturated carbocycles. The number of hydrogen-bond donors (Lipinski definition) is 3.